The van der Waals surface area contributed by atoms with Crippen molar-refractivity contribution in [2.24, 2.45) is 0 Å². The highest BCUT2D eigenvalue weighted by Crippen LogP contribution is 2.39. The summed E-state index contributed by atoms with van der Waals surface area (Å²) in [5, 5.41) is 13.5. The molecule has 9 nitrogen and oxygen atoms in total. The molecule has 2 amide bonds. The van der Waals surface area contributed by atoms with Crippen molar-refractivity contribution < 1.29 is 14.3 Å². The van der Waals surface area contributed by atoms with Gasteiger partial charge in [-0.2, -0.15) is 5.26 Å². The van der Waals surface area contributed by atoms with Gasteiger partial charge in [-0.15, -0.1) is 0 Å². The second-order valence-electron chi connectivity index (χ2n) is 7.88. The minimum Gasteiger partial charge on any atom is -0.496 e. The number of thiazole rings is 1. The largest absolute Gasteiger partial charge is 0.496 e. The van der Waals surface area contributed by atoms with Crippen molar-refractivity contribution in [3.8, 4) is 11.8 Å². The number of pyridine rings is 1. The van der Waals surface area contributed by atoms with Gasteiger partial charge in [0.25, 0.3) is 5.91 Å². The Balaban J connectivity index is 1.54. The van der Waals surface area contributed by atoms with Crippen LogP contribution in [0.5, 0.6) is 5.75 Å². The molecule has 1 aromatic carbocycles. The van der Waals surface area contributed by atoms with E-state index in [1.807, 2.05) is 37.3 Å². The number of ether oxygens (including phenoxy) is 1. The van der Waals surface area contributed by atoms with E-state index in [0.717, 1.165) is 14.7 Å². The first-order valence-electron chi connectivity index (χ1n) is 11.1. The van der Waals surface area contributed by atoms with Crippen molar-refractivity contribution in [1.82, 2.24) is 19.8 Å². The van der Waals surface area contributed by atoms with E-state index in [0.29, 0.717) is 28.8 Å². The Hall–Kier alpha value is -3.88. The van der Waals surface area contributed by atoms with Crippen LogP contribution in [0.2, 0.25) is 0 Å². The fourth-order valence-electron chi connectivity index (χ4n) is 3.76. The first-order valence-corrected chi connectivity index (χ1v) is 12.7. The van der Waals surface area contributed by atoms with Gasteiger partial charge in [0, 0.05) is 24.2 Å². The predicted octanol–water partition coefficient (Wildman–Crippen LogP) is 4.11. The van der Waals surface area contributed by atoms with Gasteiger partial charge in [0.15, 0.2) is 5.13 Å². The maximum atomic E-state index is 13.5. The predicted molar refractivity (Wildman–Crippen MR) is 139 cm³/mol. The normalized spacial score (nSPS) is 15.2. The van der Waals surface area contributed by atoms with Crippen molar-refractivity contribution in [1.29, 1.82) is 5.26 Å². The number of carbonyl (C=O) groups is 2. The highest BCUT2D eigenvalue weighted by atomic mass is 32.2. The van der Waals surface area contributed by atoms with Crippen LogP contribution in [0.3, 0.4) is 0 Å². The summed E-state index contributed by atoms with van der Waals surface area (Å²) in [5.74, 6) is 0.604. The number of carbonyl (C=O) groups excluding carboxylic acids is 2. The van der Waals surface area contributed by atoms with Gasteiger partial charge in [-0.25, -0.2) is 9.97 Å². The number of hydrogen-bond acceptors (Lipinski definition) is 9. The van der Waals surface area contributed by atoms with Gasteiger partial charge in [-0.05, 0) is 42.8 Å². The van der Waals surface area contributed by atoms with Gasteiger partial charge in [0.1, 0.15) is 17.6 Å². The minimum absolute atomic E-state index is 0.117. The van der Waals surface area contributed by atoms with Crippen LogP contribution in [0.1, 0.15) is 15.9 Å². The number of aromatic nitrogens is 2. The summed E-state index contributed by atoms with van der Waals surface area (Å²) < 4.78 is 6.46. The molecule has 4 rings (SSSR count). The van der Waals surface area contributed by atoms with Crippen LogP contribution in [0, 0.1) is 18.3 Å². The van der Waals surface area contributed by atoms with E-state index < -0.39 is 6.04 Å². The lowest BCUT2D eigenvalue weighted by Crippen LogP contribution is -2.55. The van der Waals surface area contributed by atoms with Crippen LogP contribution < -0.4 is 10.1 Å². The number of rotatable bonds is 7. The van der Waals surface area contributed by atoms with E-state index in [4.69, 9.17) is 4.74 Å². The quantitative estimate of drug-likeness (QED) is 0.463. The molecule has 0 aliphatic carbocycles. The summed E-state index contributed by atoms with van der Waals surface area (Å²) in [6.45, 7) is 6.14. The molecule has 0 bridgehead atoms. The smallest absolute Gasteiger partial charge is 0.257 e. The highest BCUT2D eigenvalue weighted by Gasteiger charge is 2.33. The zero-order valence-electron chi connectivity index (χ0n) is 19.8. The van der Waals surface area contributed by atoms with E-state index in [2.05, 4.69) is 27.9 Å². The SMILES string of the molecule is C=CC(=O)N1CCN(C(=O)c2cc(Sc3cnc(Nc4ccccn4)s3)c(C)cc2OC)CC1C#N. The van der Waals surface area contributed by atoms with Gasteiger partial charge in [0.05, 0.1) is 35.7 Å². The molecule has 1 aliphatic heterocycles. The van der Waals surface area contributed by atoms with Crippen molar-refractivity contribution >= 4 is 45.9 Å². The van der Waals surface area contributed by atoms with Crippen LogP contribution in [0.25, 0.3) is 0 Å². The third-order valence-corrected chi connectivity index (χ3v) is 7.77. The summed E-state index contributed by atoms with van der Waals surface area (Å²) in [6, 6.07) is 10.6. The Kier molecular flexibility index (Phi) is 7.87. The number of aryl methyl sites for hydroxylation is 1. The summed E-state index contributed by atoms with van der Waals surface area (Å²) in [4.78, 5) is 38.1. The fourth-order valence-corrected chi connectivity index (χ4v) is 5.70. The number of nitriles is 1. The molecule has 1 fully saturated rings. The Labute approximate surface area is 217 Å². The molecule has 184 valence electrons. The highest BCUT2D eigenvalue weighted by molar-refractivity contribution is 8.01. The minimum atomic E-state index is -0.735. The molecule has 0 saturated carbocycles. The average Bonchev–Trinajstić information content (AvgIpc) is 3.35. The molecule has 0 radical (unpaired) electrons. The third kappa shape index (κ3) is 5.50. The number of benzene rings is 1. The Morgan fingerprint density at radius 1 is 1.33 bits per heavy atom. The molecule has 1 saturated heterocycles. The molecular weight excluding hydrogens is 496 g/mol. The Morgan fingerprint density at radius 2 is 2.17 bits per heavy atom. The van der Waals surface area contributed by atoms with E-state index in [1.54, 1.807) is 17.3 Å². The van der Waals surface area contributed by atoms with E-state index >= 15 is 0 Å². The van der Waals surface area contributed by atoms with E-state index in [9.17, 15) is 14.9 Å². The number of methoxy groups -OCH3 is 1. The Morgan fingerprint density at radius 3 is 2.86 bits per heavy atom. The first-order chi connectivity index (χ1) is 17.4. The zero-order chi connectivity index (χ0) is 25.7. The zero-order valence-corrected chi connectivity index (χ0v) is 21.4. The molecule has 1 aliphatic rings. The summed E-state index contributed by atoms with van der Waals surface area (Å²) in [6.07, 6.45) is 4.67. The Bertz CT molecular complexity index is 1320. The molecule has 36 heavy (non-hydrogen) atoms. The maximum absolute atomic E-state index is 13.5. The maximum Gasteiger partial charge on any atom is 0.257 e. The monoisotopic (exact) mass is 520 g/mol. The van der Waals surface area contributed by atoms with Crippen LogP contribution in [-0.4, -0.2) is 64.4 Å². The number of nitrogens with one attached hydrogen (secondary N) is 1. The number of piperazine rings is 1. The van der Waals surface area contributed by atoms with Crippen LogP contribution in [-0.2, 0) is 4.79 Å². The molecule has 11 heteroatoms. The molecule has 3 aromatic rings. The summed E-state index contributed by atoms with van der Waals surface area (Å²) in [7, 11) is 1.52. The molecule has 1 N–H and O–H groups in total. The summed E-state index contributed by atoms with van der Waals surface area (Å²) in [5.41, 5.74) is 1.36. The fraction of sp³-hybridized carbons (Fsp3) is 0.240. The van der Waals surface area contributed by atoms with Crippen molar-refractivity contribution in [3.63, 3.8) is 0 Å². The first kappa shape index (κ1) is 25.2. The number of amides is 2. The van der Waals surface area contributed by atoms with Crippen molar-refractivity contribution in [3.05, 3.63) is 66.5 Å². The number of hydrogen-bond donors (Lipinski definition) is 1. The van der Waals surface area contributed by atoms with Crippen LogP contribution in [0.15, 0.2) is 64.5 Å². The second kappa shape index (κ2) is 11.2. The molecule has 1 atom stereocenters. The molecular formula is C25H24N6O3S2. The number of anilines is 2. The second-order valence-corrected chi connectivity index (χ2v) is 10.2. The van der Waals surface area contributed by atoms with Crippen molar-refractivity contribution in [2.75, 3.05) is 32.1 Å². The van der Waals surface area contributed by atoms with Crippen LogP contribution in [0.4, 0.5) is 10.9 Å². The average molecular weight is 521 g/mol. The topological polar surface area (TPSA) is 111 Å². The lowest BCUT2D eigenvalue weighted by Gasteiger charge is -2.38. The van der Waals surface area contributed by atoms with Gasteiger partial charge >= 0.3 is 0 Å². The van der Waals surface area contributed by atoms with Gasteiger partial charge < -0.3 is 19.9 Å². The van der Waals surface area contributed by atoms with E-state index in [-0.39, 0.29) is 24.9 Å². The molecule has 1 unspecified atom stereocenters. The van der Waals surface area contributed by atoms with Crippen LogP contribution >= 0.6 is 23.1 Å². The van der Waals surface area contributed by atoms with E-state index in [1.165, 1.54) is 41.2 Å². The van der Waals surface area contributed by atoms with Gasteiger partial charge in [0.2, 0.25) is 5.91 Å². The lowest BCUT2D eigenvalue weighted by molar-refractivity contribution is -0.129. The number of nitrogens with zero attached hydrogens (tertiary/aromatic N) is 5. The van der Waals surface area contributed by atoms with Gasteiger partial charge in [-0.3, -0.25) is 9.59 Å². The molecule has 2 aromatic heterocycles. The molecule has 0 spiro atoms. The standard InChI is InChI=1S/C25H24N6O3S2/c1-4-22(32)31-10-9-30(15-17(31)13-26)24(33)18-12-20(16(2)11-19(18)34-3)35-23-14-28-25(36-23)29-21-7-5-6-8-27-21/h4-8,11-12,14,17H,1,9-10,15H2,2-3H3,(H,27,28,29). The third-order valence-electron chi connectivity index (χ3n) is 5.60. The summed E-state index contributed by atoms with van der Waals surface area (Å²) >= 11 is 2.99. The van der Waals surface area contributed by atoms with Gasteiger partial charge in [-0.1, -0.05) is 35.7 Å². The van der Waals surface area contributed by atoms with Crippen molar-refractivity contribution in [2.45, 2.75) is 22.1 Å². The molecule has 3 heterocycles. The lowest BCUT2D eigenvalue weighted by atomic mass is 10.1.